The van der Waals surface area contributed by atoms with Crippen LogP contribution in [0.5, 0.6) is 0 Å². The number of rotatable bonds is 8. The normalized spacial score (nSPS) is 33.2. The number of aliphatic hydroxyl groups is 2. The van der Waals surface area contributed by atoms with Gasteiger partial charge in [0.05, 0.1) is 35.4 Å². The standard InChI is InChI=1S/C48H49ClF3NO6/c1-4-58-42(56)53(27-30-10-7-9-29-8-5-6-11-33(29)30)28-46(57)21-18-40-44(46,3)20-17-39-43(2)19-16-32(54)25-45(43)22-23-47(39,40)35(26-45)41(55)38-15-14-37(59-38)34-24-31(48(50,51)52)12-13-36(34)49/h5-15,22-24,26,32,39-40,54,57H,4,16-21,25,27-28H2,1-3H3. The maximum atomic E-state index is 15.2. The molecule has 0 saturated heterocycles. The lowest BCUT2D eigenvalue weighted by Crippen LogP contribution is -2.67. The Labute approximate surface area is 346 Å². The molecular formula is C48H49ClF3NO6. The van der Waals surface area contributed by atoms with Crippen LogP contribution in [-0.2, 0) is 17.5 Å². The molecule has 7 nitrogen and oxygen atoms in total. The summed E-state index contributed by atoms with van der Waals surface area (Å²) in [5, 5.41) is 26.3. The van der Waals surface area contributed by atoms with Gasteiger partial charge in [0.1, 0.15) is 5.76 Å². The van der Waals surface area contributed by atoms with Gasteiger partial charge in [-0.1, -0.05) is 86.1 Å². The number of carbonyl (C=O) groups excluding carboxylic acids is 2. The van der Waals surface area contributed by atoms with Crippen LogP contribution >= 0.6 is 11.6 Å². The van der Waals surface area contributed by atoms with E-state index < -0.39 is 45.8 Å². The number of fused-ring (bicyclic) bond motifs is 2. The molecule has 1 aromatic heterocycles. The van der Waals surface area contributed by atoms with Crippen molar-refractivity contribution in [2.75, 3.05) is 13.2 Å². The summed E-state index contributed by atoms with van der Waals surface area (Å²) in [7, 11) is 0. The van der Waals surface area contributed by atoms with Crippen LogP contribution in [0.2, 0.25) is 5.02 Å². The van der Waals surface area contributed by atoms with Crippen LogP contribution in [0, 0.1) is 33.5 Å². The first-order chi connectivity index (χ1) is 28.0. The Morgan fingerprint density at radius 3 is 2.44 bits per heavy atom. The number of hydrogen-bond donors (Lipinski definition) is 2. The van der Waals surface area contributed by atoms with Gasteiger partial charge in [0.25, 0.3) is 0 Å². The lowest BCUT2D eigenvalue weighted by atomic mass is 9.32. The zero-order chi connectivity index (χ0) is 41.8. The van der Waals surface area contributed by atoms with Crippen LogP contribution in [0.1, 0.15) is 87.4 Å². The Bertz CT molecular complexity index is 2420. The molecule has 4 aromatic rings. The number of carbonyl (C=O) groups is 2. The fourth-order valence-corrected chi connectivity index (χ4v) is 12.8. The van der Waals surface area contributed by atoms with E-state index in [0.717, 1.165) is 34.9 Å². The summed E-state index contributed by atoms with van der Waals surface area (Å²) in [5.41, 5.74) is -3.22. The Hall–Kier alpha value is -4.38. The third-order valence-electron chi connectivity index (χ3n) is 15.6. The SMILES string of the molecule is CCOC(=O)N(Cc1cccc2ccccc12)CC1(O)CCC2C34C=CC5(C=C3C(=O)c3ccc(-c6cc(C(F)(F)F)ccc6Cl)o3)CC(O)CCC5(C)C4CCC21C. The fourth-order valence-electron chi connectivity index (χ4n) is 12.6. The number of furan rings is 1. The summed E-state index contributed by atoms with van der Waals surface area (Å²) in [6.07, 6.45) is 4.98. The van der Waals surface area contributed by atoms with Crippen LogP contribution in [0.3, 0.4) is 0 Å². The van der Waals surface area contributed by atoms with Crippen molar-refractivity contribution in [3.05, 3.63) is 119 Å². The molecule has 0 radical (unpaired) electrons. The number of alkyl halides is 3. The quantitative estimate of drug-likeness (QED) is 0.136. The van der Waals surface area contributed by atoms with Crippen molar-refractivity contribution in [2.24, 2.45) is 33.5 Å². The maximum Gasteiger partial charge on any atom is 0.416 e. The first-order valence-corrected chi connectivity index (χ1v) is 21.1. The van der Waals surface area contributed by atoms with Gasteiger partial charge in [0.2, 0.25) is 5.78 Å². The number of halogens is 4. The summed E-state index contributed by atoms with van der Waals surface area (Å²) in [6, 6.07) is 20.0. The monoisotopic (exact) mass is 827 g/mol. The smallest absolute Gasteiger partial charge is 0.416 e. The van der Waals surface area contributed by atoms with E-state index in [0.29, 0.717) is 44.1 Å². The predicted molar refractivity (Wildman–Crippen MR) is 218 cm³/mol. The van der Waals surface area contributed by atoms with Crippen molar-refractivity contribution < 1.29 is 42.1 Å². The first-order valence-electron chi connectivity index (χ1n) is 20.7. The van der Waals surface area contributed by atoms with Crippen molar-refractivity contribution in [1.29, 1.82) is 0 Å². The Morgan fingerprint density at radius 1 is 0.932 bits per heavy atom. The number of ketones is 1. The van der Waals surface area contributed by atoms with Gasteiger partial charge in [-0.15, -0.1) is 0 Å². The van der Waals surface area contributed by atoms with E-state index in [9.17, 15) is 28.2 Å². The van der Waals surface area contributed by atoms with Gasteiger partial charge in [-0.25, -0.2) is 4.79 Å². The molecule has 2 N–H and O–H groups in total. The van der Waals surface area contributed by atoms with Gasteiger partial charge in [-0.2, -0.15) is 13.2 Å². The molecule has 10 rings (SSSR count). The van der Waals surface area contributed by atoms with E-state index in [2.05, 4.69) is 32.1 Å². The number of nitrogens with zero attached hydrogens (tertiary/aromatic N) is 1. The molecule has 1 heterocycles. The molecule has 2 bridgehead atoms. The summed E-state index contributed by atoms with van der Waals surface area (Å²) < 4.78 is 52.9. The number of aliphatic hydroxyl groups excluding tert-OH is 1. The van der Waals surface area contributed by atoms with Crippen molar-refractivity contribution in [3.8, 4) is 11.3 Å². The van der Waals surface area contributed by atoms with E-state index in [1.807, 2.05) is 42.5 Å². The molecule has 3 aromatic carbocycles. The van der Waals surface area contributed by atoms with Crippen LogP contribution in [-0.4, -0.2) is 51.8 Å². The number of Topliss-reactive ketones (excluding diaryl/α,β-unsaturated/α-hetero) is 1. The van der Waals surface area contributed by atoms with Gasteiger partial charge < -0.3 is 24.3 Å². The van der Waals surface area contributed by atoms with Crippen LogP contribution in [0.25, 0.3) is 22.1 Å². The number of benzene rings is 3. The molecule has 3 fully saturated rings. The number of amides is 1. The zero-order valence-corrected chi connectivity index (χ0v) is 34.2. The highest BCUT2D eigenvalue weighted by molar-refractivity contribution is 6.33. The Morgan fingerprint density at radius 2 is 1.66 bits per heavy atom. The zero-order valence-electron chi connectivity index (χ0n) is 33.4. The van der Waals surface area contributed by atoms with Crippen molar-refractivity contribution in [2.45, 2.75) is 90.1 Å². The van der Waals surface area contributed by atoms with Crippen LogP contribution in [0.15, 0.2) is 101 Å². The lowest BCUT2D eigenvalue weighted by molar-refractivity contribution is -0.175. The first kappa shape index (κ1) is 40.0. The maximum absolute atomic E-state index is 15.2. The number of hydrogen-bond acceptors (Lipinski definition) is 6. The minimum absolute atomic E-state index is 0.0129. The average Bonchev–Trinajstić information content (AvgIpc) is 3.80. The van der Waals surface area contributed by atoms with Gasteiger partial charge in [-0.05, 0) is 116 Å². The molecule has 8 unspecified atom stereocenters. The fraction of sp³-hybridized carbons (Fsp3) is 0.458. The molecular weight excluding hydrogens is 779 g/mol. The van der Waals surface area contributed by atoms with Crippen molar-refractivity contribution in [3.63, 3.8) is 0 Å². The van der Waals surface area contributed by atoms with Crippen molar-refractivity contribution in [1.82, 2.24) is 4.90 Å². The van der Waals surface area contributed by atoms with E-state index in [1.165, 1.54) is 18.2 Å². The number of ether oxygens (including phenoxy) is 1. The molecule has 3 saturated carbocycles. The van der Waals surface area contributed by atoms with Gasteiger partial charge in [-0.3, -0.25) is 4.79 Å². The molecule has 8 atom stereocenters. The third-order valence-corrected chi connectivity index (χ3v) is 15.9. The van der Waals surface area contributed by atoms with Crippen molar-refractivity contribution >= 4 is 34.2 Å². The van der Waals surface area contributed by atoms with E-state index in [4.69, 9.17) is 20.8 Å². The topological polar surface area (TPSA) is 100 Å². The average molecular weight is 828 g/mol. The van der Waals surface area contributed by atoms with Gasteiger partial charge >= 0.3 is 12.3 Å². The molecule has 6 aliphatic rings. The highest BCUT2D eigenvalue weighted by atomic mass is 35.5. The van der Waals surface area contributed by atoms with Crippen LogP contribution in [0.4, 0.5) is 18.0 Å². The summed E-state index contributed by atoms with van der Waals surface area (Å²) in [4.78, 5) is 30.6. The Kier molecular flexibility index (Phi) is 9.39. The lowest BCUT2D eigenvalue weighted by Gasteiger charge is -2.71. The Balaban J connectivity index is 1.11. The molecule has 0 aliphatic heterocycles. The van der Waals surface area contributed by atoms with Crippen LogP contribution < -0.4 is 0 Å². The summed E-state index contributed by atoms with van der Waals surface area (Å²) in [6.45, 7) is 6.61. The molecule has 6 aliphatic carbocycles. The van der Waals surface area contributed by atoms with Gasteiger partial charge in [0.15, 0.2) is 5.76 Å². The van der Waals surface area contributed by atoms with E-state index in [-0.39, 0.29) is 64.8 Å². The van der Waals surface area contributed by atoms with E-state index >= 15 is 4.79 Å². The highest BCUT2D eigenvalue weighted by Gasteiger charge is 2.74. The molecule has 310 valence electrons. The van der Waals surface area contributed by atoms with Gasteiger partial charge in [0, 0.05) is 33.9 Å². The molecule has 2 spiro atoms. The minimum atomic E-state index is -4.60. The second-order valence-electron chi connectivity index (χ2n) is 18.2. The molecule has 59 heavy (non-hydrogen) atoms. The third kappa shape index (κ3) is 5.90. The minimum Gasteiger partial charge on any atom is -0.453 e. The predicted octanol–water partition coefficient (Wildman–Crippen LogP) is 11.2. The molecule has 1 amide bonds. The summed E-state index contributed by atoms with van der Waals surface area (Å²) >= 11 is 6.40. The second kappa shape index (κ2) is 13.8. The second-order valence-corrected chi connectivity index (χ2v) is 18.6. The number of allylic oxidation sites excluding steroid dienone is 4. The molecule has 11 heteroatoms. The summed E-state index contributed by atoms with van der Waals surface area (Å²) in [5.74, 6) is -0.589. The highest BCUT2D eigenvalue weighted by Crippen LogP contribution is 2.78. The van der Waals surface area contributed by atoms with E-state index in [1.54, 1.807) is 11.8 Å². The largest absolute Gasteiger partial charge is 0.453 e.